The van der Waals surface area contributed by atoms with Crippen molar-refractivity contribution in [3.8, 4) is 0 Å². The van der Waals surface area contributed by atoms with Crippen LogP contribution in [0.1, 0.15) is 13.3 Å². The molecular formula is C9H13BrO3. The molecule has 0 aliphatic heterocycles. The summed E-state index contributed by atoms with van der Waals surface area (Å²) >= 11 is 3.28. The van der Waals surface area contributed by atoms with Crippen molar-refractivity contribution in [2.24, 2.45) is 0 Å². The van der Waals surface area contributed by atoms with Crippen LogP contribution < -0.4 is 0 Å². The minimum atomic E-state index is -0.259. The zero-order valence-corrected chi connectivity index (χ0v) is 9.12. The molecule has 0 spiro atoms. The first kappa shape index (κ1) is 10.9. The van der Waals surface area contributed by atoms with E-state index in [-0.39, 0.29) is 18.2 Å². The first-order valence-corrected chi connectivity index (χ1v) is 5.42. The normalized spacial score (nSPS) is 23.8. The molecule has 0 amide bonds. The lowest BCUT2D eigenvalue weighted by Gasteiger charge is -2.18. The Morgan fingerprint density at radius 3 is 3.00 bits per heavy atom. The van der Waals surface area contributed by atoms with Crippen LogP contribution in [-0.4, -0.2) is 30.1 Å². The topological polar surface area (TPSA) is 35.5 Å². The molecule has 74 valence electrons. The minimum absolute atomic E-state index is 0.110. The van der Waals surface area contributed by atoms with Crippen molar-refractivity contribution in [2.45, 2.75) is 25.7 Å². The Morgan fingerprint density at radius 1 is 1.77 bits per heavy atom. The predicted molar refractivity (Wildman–Crippen MR) is 52.8 cm³/mol. The summed E-state index contributed by atoms with van der Waals surface area (Å²) in [5.74, 6) is 0.120. The first-order chi connectivity index (χ1) is 6.26. The van der Waals surface area contributed by atoms with Gasteiger partial charge in [-0.25, -0.2) is 0 Å². The monoisotopic (exact) mass is 248 g/mol. The minimum Gasteiger partial charge on any atom is -0.352 e. The van der Waals surface area contributed by atoms with E-state index in [1.54, 1.807) is 12.2 Å². The fourth-order valence-corrected chi connectivity index (χ4v) is 1.48. The van der Waals surface area contributed by atoms with Gasteiger partial charge >= 0.3 is 0 Å². The molecule has 0 aromatic rings. The second-order valence-corrected chi connectivity index (χ2v) is 3.39. The molecular weight excluding hydrogens is 236 g/mol. The van der Waals surface area contributed by atoms with Gasteiger partial charge in [-0.05, 0) is 13.0 Å². The van der Waals surface area contributed by atoms with Crippen LogP contribution in [0.2, 0.25) is 0 Å². The van der Waals surface area contributed by atoms with Gasteiger partial charge in [-0.1, -0.05) is 22.0 Å². The lowest BCUT2D eigenvalue weighted by atomic mass is 10.3. The smallest absolute Gasteiger partial charge is 0.167 e. The molecule has 1 aliphatic carbocycles. The number of carbonyl (C=O) groups is 1. The second-order valence-electron chi connectivity index (χ2n) is 2.74. The number of ether oxygens (including phenoxy) is 2. The highest BCUT2D eigenvalue weighted by atomic mass is 79.9. The van der Waals surface area contributed by atoms with E-state index in [4.69, 9.17) is 9.47 Å². The van der Waals surface area contributed by atoms with Crippen LogP contribution in [-0.2, 0) is 14.3 Å². The number of allylic oxidation sites excluding steroid dienone is 1. The van der Waals surface area contributed by atoms with E-state index in [1.807, 2.05) is 6.92 Å². The molecule has 0 aromatic carbocycles. The summed E-state index contributed by atoms with van der Waals surface area (Å²) in [6.45, 7) is 2.52. The number of ketones is 1. The van der Waals surface area contributed by atoms with Crippen LogP contribution >= 0.6 is 15.9 Å². The van der Waals surface area contributed by atoms with Crippen molar-refractivity contribution in [1.29, 1.82) is 0 Å². The molecule has 1 aliphatic rings. The molecule has 2 atom stereocenters. The summed E-state index contributed by atoms with van der Waals surface area (Å²) in [5, 5.41) is 0.624. The number of rotatable bonds is 5. The van der Waals surface area contributed by atoms with Gasteiger partial charge in [0.1, 0.15) is 0 Å². The van der Waals surface area contributed by atoms with E-state index < -0.39 is 0 Å². The molecule has 3 nitrogen and oxygen atoms in total. The maximum Gasteiger partial charge on any atom is 0.167 e. The molecule has 4 heteroatoms. The van der Waals surface area contributed by atoms with Crippen LogP contribution in [0, 0.1) is 0 Å². The highest BCUT2D eigenvalue weighted by molar-refractivity contribution is 9.09. The maximum atomic E-state index is 10.9. The molecule has 1 rings (SSSR count). The van der Waals surface area contributed by atoms with Crippen molar-refractivity contribution in [2.75, 3.05) is 11.9 Å². The Labute approximate surface area is 86.2 Å². The Kier molecular flexibility index (Phi) is 4.62. The van der Waals surface area contributed by atoms with E-state index in [2.05, 4.69) is 15.9 Å². The van der Waals surface area contributed by atoms with Crippen molar-refractivity contribution < 1.29 is 14.3 Å². The lowest BCUT2D eigenvalue weighted by Crippen LogP contribution is -2.24. The summed E-state index contributed by atoms with van der Waals surface area (Å²) in [5.41, 5.74) is 0. The average Bonchev–Trinajstić information content (AvgIpc) is 2.50. The number of halogens is 1. The summed E-state index contributed by atoms with van der Waals surface area (Å²) in [7, 11) is 0. The average molecular weight is 249 g/mol. The largest absolute Gasteiger partial charge is 0.352 e. The Morgan fingerprint density at radius 2 is 2.54 bits per heavy atom. The van der Waals surface area contributed by atoms with Gasteiger partial charge in [0.15, 0.2) is 12.1 Å². The Bertz CT molecular complexity index is 203. The van der Waals surface area contributed by atoms with Gasteiger partial charge in [0.2, 0.25) is 0 Å². The number of hydrogen-bond donors (Lipinski definition) is 0. The fraction of sp³-hybridized carbons (Fsp3) is 0.667. The van der Waals surface area contributed by atoms with E-state index in [0.29, 0.717) is 18.4 Å². The highest BCUT2D eigenvalue weighted by Gasteiger charge is 2.20. The second kappa shape index (κ2) is 5.52. The van der Waals surface area contributed by atoms with E-state index in [1.165, 1.54) is 0 Å². The number of alkyl halides is 1. The predicted octanol–water partition coefficient (Wildman–Crippen LogP) is 1.66. The molecule has 0 N–H and O–H groups in total. The van der Waals surface area contributed by atoms with Gasteiger partial charge in [0.05, 0.1) is 11.4 Å². The van der Waals surface area contributed by atoms with Gasteiger partial charge in [-0.15, -0.1) is 0 Å². The molecule has 0 fully saturated rings. The van der Waals surface area contributed by atoms with Gasteiger partial charge in [-0.3, -0.25) is 4.79 Å². The van der Waals surface area contributed by atoms with Gasteiger partial charge < -0.3 is 9.47 Å². The van der Waals surface area contributed by atoms with Crippen molar-refractivity contribution in [1.82, 2.24) is 0 Å². The molecule has 0 aromatic heterocycles. The Balaban J connectivity index is 2.30. The summed E-state index contributed by atoms with van der Waals surface area (Å²) in [6.07, 6.45) is 3.40. The standard InChI is InChI=1S/C9H13BrO3/c1-2-12-9(6-10)13-8-4-3-7(11)5-8/h3-4,8-9H,2,5-6H2,1H3/t8-,9?/m1/s1. The molecule has 0 heterocycles. The molecule has 0 saturated carbocycles. The molecule has 0 radical (unpaired) electrons. The van der Waals surface area contributed by atoms with Crippen LogP contribution in [0.4, 0.5) is 0 Å². The van der Waals surface area contributed by atoms with Crippen LogP contribution in [0.3, 0.4) is 0 Å². The van der Waals surface area contributed by atoms with E-state index in [9.17, 15) is 4.79 Å². The van der Waals surface area contributed by atoms with Crippen molar-refractivity contribution >= 4 is 21.7 Å². The number of hydrogen-bond acceptors (Lipinski definition) is 3. The van der Waals surface area contributed by atoms with Crippen LogP contribution in [0.5, 0.6) is 0 Å². The summed E-state index contributed by atoms with van der Waals surface area (Å²) in [6, 6.07) is 0. The third-order valence-corrected chi connectivity index (χ3v) is 2.23. The zero-order valence-electron chi connectivity index (χ0n) is 7.53. The van der Waals surface area contributed by atoms with Crippen LogP contribution in [0.15, 0.2) is 12.2 Å². The SMILES string of the molecule is CCOC(CBr)O[C@@H]1C=CC(=O)C1. The van der Waals surface area contributed by atoms with E-state index >= 15 is 0 Å². The van der Waals surface area contributed by atoms with Gasteiger partial charge in [0, 0.05) is 13.0 Å². The van der Waals surface area contributed by atoms with Crippen molar-refractivity contribution in [3.63, 3.8) is 0 Å². The van der Waals surface area contributed by atoms with Gasteiger partial charge in [0.25, 0.3) is 0 Å². The highest BCUT2D eigenvalue weighted by Crippen LogP contribution is 2.14. The first-order valence-electron chi connectivity index (χ1n) is 4.30. The summed E-state index contributed by atoms with van der Waals surface area (Å²) in [4.78, 5) is 10.9. The molecule has 13 heavy (non-hydrogen) atoms. The number of carbonyl (C=O) groups excluding carboxylic acids is 1. The van der Waals surface area contributed by atoms with Crippen LogP contribution in [0.25, 0.3) is 0 Å². The zero-order chi connectivity index (χ0) is 9.68. The molecule has 0 bridgehead atoms. The molecule has 0 saturated heterocycles. The Hall–Kier alpha value is -0.190. The summed E-state index contributed by atoms with van der Waals surface area (Å²) < 4.78 is 10.8. The van der Waals surface area contributed by atoms with Crippen molar-refractivity contribution in [3.05, 3.63) is 12.2 Å². The quantitative estimate of drug-likeness (QED) is 0.549. The van der Waals surface area contributed by atoms with Gasteiger partial charge in [-0.2, -0.15) is 0 Å². The lowest BCUT2D eigenvalue weighted by molar-refractivity contribution is -0.144. The van der Waals surface area contributed by atoms with E-state index in [0.717, 1.165) is 0 Å². The maximum absolute atomic E-state index is 10.9. The molecule has 1 unspecified atom stereocenters. The third-order valence-electron chi connectivity index (χ3n) is 1.70. The fourth-order valence-electron chi connectivity index (χ4n) is 1.14. The third kappa shape index (κ3) is 3.58.